The van der Waals surface area contributed by atoms with Gasteiger partial charge in [0.2, 0.25) is 0 Å². The summed E-state index contributed by atoms with van der Waals surface area (Å²) in [5, 5.41) is 2.66. The number of H-pyrrole nitrogens is 1. The summed E-state index contributed by atoms with van der Waals surface area (Å²) in [6.07, 6.45) is 1.40. The van der Waals surface area contributed by atoms with E-state index in [1.54, 1.807) is 19.9 Å². The minimum Gasteiger partial charge on any atom is -0.465 e. The first-order valence-electron chi connectivity index (χ1n) is 8.98. The van der Waals surface area contributed by atoms with Crippen LogP contribution in [0.25, 0.3) is 0 Å². The normalized spacial score (nSPS) is 13.7. The molecular formula is C19H22N4O5S. The van der Waals surface area contributed by atoms with Gasteiger partial charge in [0.1, 0.15) is 11.5 Å². The van der Waals surface area contributed by atoms with Gasteiger partial charge < -0.3 is 15.0 Å². The van der Waals surface area contributed by atoms with Crippen LogP contribution in [0.3, 0.4) is 0 Å². The monoisotopic (exact) mass is 418 g/mol. The molecule has 0 atom stereocenters. The topological polar surface area (TPSA) is 130 Å². The lowest BCUT2D eigenvalue weighted by Crippen LogP contribution is -2.29. The van der Waals surface area contributed by atoms with Crippen LogP contribution in [0.4, 0.5) is 5.69 Å². The molecule has 0 fully saturated rings. The second-order valence-electron chi connectivity index (χ2n) is 6.64. The third kappa shape index (κ3) is 4.32. The number of anilines is 1. The van der Waals surface area contributed by atoms with Crippen molar-refractivity contribution in [3.05, 3.63) is 46.8 Å². The molecule has 29 heavy (non-hydrogen) atoms. The second kappa shape index (κ2) is 8.08. The molecule has 10 heteroatoms. The number of nitrogens with one attached hydrogen (secondary N) is 3. The highest BCUT2D eigenvalue weighted by molar-refractivity contribution is 7.90. The highest BCUT2D eigenvalue weighted by Crippen LogP contribution is 2.21. The third-order valence-electron chi connectivity index (χ3n) is 4.58. The van der Waals surface area contributed by atoms with E-state index in [-0.39, 0.29) is 10.6 Å². The number of amidine groups is 1. The quantitative estimate of drug-likeness (QED) is 0.641. The number of aromatic nitrogens is 1. The van der Waals surface area contributed by atoms with Crippen LogP contribution in [0.5, 0.6) is 0 Å². The Bertz CT molecular complexity index is 1100. The number of aromatic amines is 1. The van der Waals surface area contributed by atoms with Crippen molar-refractivity contribution in [1.82, 2.24) is 9.71 Å². The Kier molecular flexibility index (Phi) is 5.73. The number of benzene rings is 1. The average molecular weight is 418 g/mol. The van der Waals surface area contributed by atoms with Gasteiger partial charge in [0.15, 0.2) is 0 Å². The zero-order chi connectivity index (χ0) is 21.2. The minimum atomic E-state index is -3.79. The number of esters is 1. The summed E-state index contributed by atoms with van der Waals surface area (Å²) in [5.74, 6) is -0.597. The van der Waals surface area contributed by atoms with E-state index in [4.69, 9.17) is 4.74 Å². The number of aliphatic imine (C=N–C) groups is 1. The Morgan fingerprint density at radius 1 is 1.24 bits per heavy atom. The summed E-state index contributed by atoms with van der Waals surface area (Å²) in [6, 6.07) is 5.92. The summed E-state index contributed by atoms with van der Waals surface area (Å²) >= 11 is 0. The standard InChI is InChI=1S/C19H22N4O5S/c1-11-16(19(25)28-3)12(2)21-17(11)18(24)22-13-6-4-7-14(10-13)29(26,27)23-15-8-5-9-20-15/h4,6-7,10,21H,5,8-9H2,1-3H3,(H,20,23)(H,22,24). The van der Waals surface area contributed by atoms with Gasteiger partial charge in [0, 0.05) is 24.3 Å². The van der Waals surface area contributed by atoms with Gasteiger partial charge in [-0.1, -0.05) is 6.07 Å². The maximum absolute atomic E-state index is 12.7. The zero-order valence-corrected chi connectivity index (χ0v) is 17.1. The van der Waals surface area contributed by atoms with Crippen molar-refractivity contribution >= 4 is 33.4 Å². The van der Waals surface area contributed by atoms with E-state index >= 15 is 0 Å². The van der Waals surface area contributed by atoms with Crippen molar-refractivity contribution in [3.63, 3.8) is 0 Å². The number of amides is 1. The summed E-state index contributed by atoms with van der Waals surface area (Å²) in [6.45, 7) is 3.91. The molecule has 1 amide bonds. The molecule has 0 unspecified atom stereocenters. The molecule has 0 aliphatic carbocycles. The summed E-state index contributed by atoms with van der Waals surface area (Å²) in [7, 11) is -2.52. The molecule has 0 spiro atoms. The van der Waals surface area contributed by atoms with Gasteiger partial charge in [0.05, 0.1) is 17.6 Å². The summed E-state index contributed by atoms with van der Waals surface area (Å²) < 4.78 is 32.3. The average Bonchev–Trinajstić information content (AvgIpc) is 3.28. The van der Waals surface area contributed by atoms with Crippen LogP contribution in [0.2, 0.25) is 0 Å². The number of nitrogens with zero attached hydrogens (tertiary/aromatic N) is 1. The number of ether oxygens (including phenoxy) is 1. The lowest BCUT2D eigenvalue weighted by atomic mass is 10.1. The minimum absolute atomic E-state index is 0.0135. The predicted molar refractivity (Wildman–Crippen MR) is 108 cm³/mol. The number of hydrogen-bond donors (Lipinski definition) is 3. The fourth-order valence-corrected chi connectivity index (χ4v) is 4.29. The number of aryl methyl sites for hydroxylation is 1. The predicted octanol–water partition coefficient (Wildman–Crippen LogP) is 2.14. The van der Waals surface area contributed by atoms with Gasteiger partial charge in [0.25, 0.3) is 15.9 Å². The van der Waals surface area contributed by atoms with E-state index < -0.39 is 21.9 Å². The molecule has 3 N–H and O–H groups in total. The number of carbonyl (C=O) groups is 2. The van der Waals surface area contributed by atoms with Crippen LogP contribution in [0, 0.1) is 13.8 Å². The lowest BCUT2D eigenvalue weighted by molar-refractivity contribution is 0.0599. The molecule has 1 aromatic heterocycles. The van der Waals surface area contributed by atoms with Gasteiger partial charge in [-0.25, -0.2) is 13.2 Å². The highest BCUT2D eigenvalue weighted by Gasteiger charge is 2.23. The van der Waals surface area contributed by atoms with E-state index in [9.17, 15) is 18.0 Å². The molecule has 0 saturated carbocycles. The van der Waals surface area contributed by atoms with Crippen LogP contribution in [0.1, 0.15) is 44.9 Å². The number of hydrogen-bond acceptors (Lipinski definition) is 6. The van der Waals surface area contributed by atoms with Gasteiger partial charge in [-0.05, 0) is 44.0 Å². The van der Waals surface area contributed by atoms with Gasteiger partial charge in [-0.15, -0.1) is 0 Å². The van der Waals surface area contributed by atoms with Crippen molar-refractivity contribution in [2.24, 2.45) is 4.99 Å². The Labute approximate surface area is 168 Å². The molecular weight excluding hydrogens is 396 g/mol. The molecule has 1 aliphatic rings. The van der Waals surface area contributed by atoms with Crippen molar-refractivity contribution in [3.8, 4) is 0 Å². The highest BCUT2D eigenvalue weighted by atomic mass is 32.2. The maximum atomic E-state index is 12.7. The SMILES string of the molecule is COC(=O)c1c(C)[nH]c(C(=O)Nc2cccc(S(=O)(=O)NC3=NCCC3)c2)c1C. The van der Waals surface area contributed by atoms with Gasteiger partial charge >= 0.3 is 5.97 Å². The number of rotatable bonds is 5. The van der Waals surface area contributed by atoms with Crippen LogP contribution in [-0.2, 0) is 14.8 Å². The molecule has 9 nitrogen and oxygen atoms in total. The molecule has 1 aromatic carbocycles. The number of methoxy groups -OCH3 is 1. The fourth-order valence-electron chi connectivity index (χ4n) is 3.16. The Hall–Kier alpha value is -3.14. The van der Waals surface area contributed by atoms with Gasteiger partial charge in [-0.3, -0.25) is 14.5 Å². The first-order chi connectivity index (χ1) is 13.7. The van der Waals surface area contributed by atoms with Gasteiger partial charge in [-0.2, -0.15) is 0 Å². The number of carbonyl (C=O) groups excluding carboxylic acids is 2. The zero-order valence-electron chi connectivity index (χ0n) is 16.3. The lowest BCUT2D eigenvalue weighted by Gasteiger charge is -2.10. The fraction of sp³-hybridized carbons (Fsp3) is 0.316. The van der Waals surface area contributed by atoms with Crippen molar-refractivity contribution < 1.29 is 22.7 Å². The van der Waals surface area contributed by atoms with Crippen LogP contribution >= 0.6 is 0 Å². The Morgan fingerprint density at radius 2 is 2.00 bits per heavy atom. The Morgan fingerprint density at radius 3 is 2.66 bits per heavy atom. The third-order valence-corrected chi connectivity index (χ3v) is 5.96. The number of sulfonamides is 1. The molecule has 1 aliphatic heterocycles. The summed E-state index contributed by atoms with van der Waals surface area (Å²) in [4.78, 5) is 31.6. The van der Waals surface area contributed by atoms with Crippen LogP contribution in [-0.4, -0.2) is 44.8 Å². The van der Waals surface area contributed by atoms with E-state index in [2.05, 4.69) is 20.0 Å². The van der Waals surface area contributed by atoms with E-state index in [1.807, 2.05) is 0 Å². The molecule has 2 aromatic rings. The molecule has 0 radical (unpaired) electrons. The van der Waals surface area contributed by atoms with Crippen LogP contribution < -0.4 is 10.0 Å². The summed E-state index contributed by atoms with van der Waals surface area (Å²) in [5.41, 5.74) is 1.77. The van der Waals surface area contributed by atoms with Crippen LogP contribution in [0.15, 0.2) is 34.2 Å². The van der Waals surface area contributed by atoms with E-state index in [0.29, 0.717) is 41.3 Å². The molecule has 154 valence electrons. The van der Waals surface area contributed by atoms with Crippen molar-refractivity contribution in [2.75, 3.05) is 19.0 Å². The first kappa shape index (κ1) is 20.6. The maximum Gasteiger partial charge on any atom is 0.339 e. The van der Waals surface area contributed by atoms with Crippen molar-refractivity contribution in [1.29, 1.82) is 0 Å². The van der Waals surface area contributed by atoms with E-state index in [1.165, 1.54) is 25.3 Å². The van der Waals surface area contributed by atoms with E-state index in [0.717, 1.165) is 6.42 Å². The molecule has 0 bridgehead atoms. The largest absolute Gasteiger partial charge is 0.465 e. The second-order valence-corrected chi connectivity index (χ2v) is 8.32. The smallest absolute Gasteiger partial charge is 0.339 e. The first-order valence-corrected chi connectivity index (χ1v) is 10.5. The Balaban J connectivity index is 1.82. The van der Waals surface area contributed by atoms with Crippen molar-refractivity contribution in [2.45, 2.75) is 31.6 Å². The molecule has 2 heterocycles. The molecule has 3 rings (SSSR count). The molecule has 0 saturated heterocycles.